The van der Waals surface area contributed by atoms with Crippen LogP contribution in [0.1, 0.15) is 66.9 Å². The Hall–Kier alpha value is -1.53. The first-order valence-corrected chi connectivity index (χ1v) is 22.2. The van der Waals surface area contributed by atoms with Gasteiger partial charge in [0.05, 0.1) is 38.1 Å². The van der Waals surface area contributed by atoms with Gasteiger partial charge in [-0.15, -0.1) is 0 Å². The van der Waals surface area contributed by atoms with E-state index < -0.39 is 28.8 Å². The van der Waals surface area contributed by atoms with Gasteiger partial charge in [-0.2, -0.15) is 0 Å². The third-order valence-electron chi connectivity index (χ3n) is 9.75. The Morgan fingerprint density at radius 2 is 1.58 bits per heavy atom. The third-order valence-corrected chi connectivity index (χ3v) is 18.9. The van der Waals surface area contributed by atoms with Crippen molar-refractivity contribution in [2.24, 2.45) is 5.92 Å². The number of allylic oxidation sites excluding steroid dienone is 2. The molecule has 6 atom stereocenters. The molecule has 1 fully saturated rings. The SMILES string of the molecule is C=C(Cl)/C=C/[C@H](CC(=C)C[C@H]1O[C@@H](C=O)[C@H](C)[C@@H](OCc2ccc(OC)cc2)[C@@H]1O[Si](C)(C)C(C)(C)C)O[Si](C)(C)C(C)(C)C. The van der Waals surface area contributed by atoms with Crippen LogP contribution in [0.15, 0.2) is 60.2 Å². The highest BCUT2D eigenvalue weighted by Crippen LogP contribution is 2.42. The fourth-order valence-electron chi connectivity index (χ4n) is 4.81. The van der Waals surface area contributed by atoms with Gasteiger partial charge in [-0.1, -0.05) is 97.0 Å². The van der Waals surface area contributed by atoms with Gasteiger partial charge in [-0.3, -0.25) is 0 Å². The van der Waals surface area contributed by atoms with Gasteiger partial charge in [-0.25, -0.2) is 0 Å². The average molecular weight is 679 g/mol. The topological polar surface area (TPSA) is 63.2 Å². The predicted octanol–water partition coefficient (Wildman–Crippen LogP) is 9.61. The number of hydrogen-bond donors (Lipinski definition) is 0. The summed E-state index contributed by atoms with van der Waals surface area (Å²) in [6, 6.07) is 7.84. The molecule has 0 radical (unpaired) electrons. The number of carbonyl (C=O) groups is 1. The molecular formula is C36H59ClO6Si2. The molecule has 9 heteroatoms. The van der Waals surface area contributed by atoms with Crippen LogP contribution < -0.4 is 4.74 Å². The summed E-state index contributed by atoms with van der Waals surface area (Å²) < 4.78 is 32.4. The van der Waals surface area contributed by atoms with E-state index >= 15 is 0 Å². The first-order chi connectivity index (χ1) is 20.6. The van der Waals surface area contributed by atoms with Crippen LogP contribution in [-0.2, 0) is 29.7 Å². The van der Waals surface area contributed by atoms with Crippen LogP contribution in [0.3, 0.4) is 0 Å². The highest BCUT2D eigenvalue weighted by Gasteiger charge is 2.50. The van der Waals surface area contributed by atoms with Gasteiger partial charge in [-0.05, 0) is 72.9 Å². The molecule has 2 rings (SSSR count). The van der Waals surface area contributed by atoms with Crippen LogP contribution in [0, 0.1) is 5.92 Å². The second-order valence-corrected chi connectivity index (χ2v) is 25.5. The highest BCUT2D eigenvalue weighted by atomic mass is 35.5. The molecule has 0 amide bonds. The molecule has 1 heterocycles. The minimum atomic E-state index is -2.27. The summed E-state index contributed by atoms with van der Waals surface area (Å²) in [6.07, 6.45) is 3.74. The number of ether oxygens (including phenoxy) is 3. The van der Waals surface area contributed by atoms with E-state index in [4.69, 9.17) is 34.7 Å². The fraction of sp³-hybridized carbons (Fsp3) is 0.639. The van der Waals surface area contributed by atoms with E-state index in [-0.39, 0.29) is 34.3 Å². The standard InChI is InChI=1S/C36H59ClO6Si2/c1-25(21-30(18-15-26(2)37)42-44(11,12)35(4,5)6)22-31-34(43-45(13,14)36(7,8)9)33(27(3)32(23-38)41-31)40-24-28-16-19-29(39-10)20-17-28/h15-20,23,27,30-34H,1-2,21-22,24H2,3-14H3/b18-15+/t27-,30+,31+,32-,33+,34+/m0/s1. The molecule has 0 unspecified atom stereocenters. The fourth-order valence-corrected chi connectivity index (χ4v) is 7.48. The van der Waals surface area contributed by atoms with Gasteiger partial charge < -0.3 is 27.9 Å². The summed E-state index contributed by atoms with van der Waals surface area (Å²) in [4.78, 5) is 12.3. The molecule has 0 N–H and O–H groups in total. The van der Waals surface area contributed by atoms with E-state index in [1.54, 1.807) is 13.2 Å². The van der Waals surface area contributed by atoms with Crippen LogP contribution in [0.5, 0.6) is 5.75 Å². The van der Waals surface area contributed by atoms with Crippen LogP contribution >= 0.6 is 11.6 Å². The minimum absolute atomic E-state index is 0.0311. The van der Waals surface area contributed by atoms with Gasteiger partial charge in [0.2, 0.25) is 0 Å². The summed E-state index contributed by atoms with van der Waals surface area (Å²) in [5.41, 5.74) is 1.97. The summed E-state index contributed by atoms with van der Waals surface area (Å²) in [6.45, 7) is 33.0. The molecule has 0 aromatic heterocycles. The Balaban J connectivity index is 2.42. The molecule has 1 aromatic carbocycles. The summed E-state index contributed by atoms with van der Waals surface area (Å²) in [5, 5.41) is 0.452. The molecular weight excluding hydrogens is 620 g/mol. The van der Waals surface area contributed by atoms with E-state index in [1.807, 2.05) is 37.3 Å². The van der Waals surface area contributed by atoms with Crippen LogP contribution in [0.2, 0.25) is 36.3 Å². The molecule has 0 spiro atoms. The number of benzene rings is 1. The first kappa shape index (κ1) is 39.7. The second-order valence-electron chi connectivity index (χ2n) is 15.5. The Labute approximate surface area is 280 Å². The van der Waals surface area contributed by atoms with Crippen molar-refractivity contribution >= 4 is 34.5 Å². The lowest BCUT2D eigenvalue weighted by atomic mass is 9.85. The second kappa shape index (κ2) is 16.0. The number of halogens is 1. The van der Waals surface area contributed by atoms with Gasteiger partial charge in [0.1, 0.15) is 18.1 Å². The van der Waals surface area contributed by atoms with Gasteiger partial charge in [0, 0.05) is 11.0 Å². The zero-order valence-electron chi connectivity index (χ0n) is 29.9. The van der Waals surface area contributed by atoms with Crippen molar-refractivity contribution in [3.05, 3.63) is 65.7 Å². The zero-order valence-corrected chi connectivity index (χ0v) is 32.6. The predicted molar refractivity (Wildman–Crippen MR) is 192 cm³/mol. The molecule has 45 heavy (non-hydrogen) atoms. The minimum Gasteiger partial charge on any atom is -0.497 e. The number of methoxy groups -OCH3 is 1. The zero-order chi connectivity index (χ0) is 34.4. The number of hydrogen-bond acceptors (Lipinski definition) is 6. The van der Waals surface area contributed by atoms with Crippen molar-refractivity contribution in [1.82, 2.24) is 0 Å². The normalized spacial score (nSPS) is 24.0. The lowest BCUT2D eigenvalue weighted by Crippen LogP contribution is -2.60. The lowest BCUT2D eigenvalue weighted by Gasteiger charge is -2.49. The highest BCUT2D eigenvalue weighted by molar-refractivity contribution is 6.74. The van der Waals surface area contributed by atoms with Gasteiger partial charge >= 0.3 is 0 Å². The molecule has 1 aromatic rings. The number of aldehydes is 1. The van der Waals surface area contributed by atoms with Crippen molar-refractivity contribution in [1.29, 1.82) is 0 Å². The summed E-state index contributed by atoms with van der Waals surface area (Å²) >= 11 is 6.11. The molecule has 0 saturated carbocycles. The maximum absolute atomic E-state index is 12.3. The van der Waals surface area contributed by atoms with Crippen LogP contribution in [0.25, 0.3) is 0 Å². The Kier molecular flexibility index (Phi) is 14.1. The number of carbonyl (C=O) groups excluding carboxylic acids is 1. The molecule has 1 aliphatic heterocycles. The van der Waals surface area contributed by atoms with Crippen molar-refractivity contribution < 1.29 is 27.9 Å². The molecule has 6 nitrogen and oxygen atoms in total. The van der Waals surface area contributed by atoms with E-state index in [9.17, 15) is 4.79 Å². The lowest BCUT2D eigenvalue weighted by molar-refractivity contribution is -0.203. The summed E-state index contributed by atoms with van der Waals surface area (Å²) in [7, 11) is -2.72. The van der Waals surface area contributed by atoms with Crippen LogP contribution in [0.4, 0.5) is 0 Å². The molecule has 1 aliphatic rings. The Morgan fingerprint density at radius 3 is 2.07 bits per heavy atom. The maximum atomic E-state index is 12.3. The van der Waals surface area contributed by atoms with Gasteiger partial charge in [0.15, 0.2) is 16.6 Å². The molecule has 254 valence electrons. The first-order valence-electron chi connectivity index (χ1n) is 16.0. The Morgan fingerprint density at radius 1 is 1.00 bits per heavy atom. The van der Waals surface area contributed by atoms with Crippen molar-refractivity contribution in [2.45, 2.75) is 135 Å². The van der Waals surface area contributed by atoms with Crippen molar-refractivity contribution in [3.8, 4) is 5.75 Å². The third kappa shape index (κ3) is 11.3. The smallest absolute Gasteiger partial charge is 0.192 e. The van der Waals surface area contributed by atoms with Crippen LogP contribution in [-0.4, -0.2) is 60.6 Å². The van der Waals surface area contributed by atoms with E-state index in [0.717, 1.165) is 23.2 Å². The van der Waals surface area contributed by atoms with E-state index in [2.05, 4.69) is 80.9 Å². The largest absolute Gasteiger partial charge is 0.497 e. The number of rotatable bonds is 15. The van der Waals surface area contributed by atoms with Crippen molar-refractivity contribution in [2.75, 3.05) is 7.11 Å². The van der Waals surface area contributed by atoms with E-state index in [1.165, 1.54) is 0 Å². The van der Waals surface area contributed by atoms with Crippen molar-refractivity contribution in [3.63, 3.8) is 0 Å². The molecule has 0 bridgehead atoms. The summed E-state index contributed by atoms with van der Waals surface area (Å²) in [5.74, 6) is 0.588. The Bertz CT molecular complexity index is 1170. The quantitative estimate of drug-likeness (QED) is 0.0797. The average Bonchev–Trinajstić information content (AvgIpc) is 2.91. The monoisotopic (exact) mass is 678 g/mol. The molecule has 0 aliphatic carbocycles. The maximum Gasteiger partial charge on any atom is 0.192 e. The van der Waals surface area contributed by atoms with Gasteiger partial charge in [0.25, 0.3) is 0 Å². The molecule has 1 saturated heterocycles. The van der Waals surface area contributed by atoms with E-state index in [0.29, 0.717) is 24.5 Å².